The highest BCUT2D eigenvalue weighted by Gasteiger charge is 2.11. The minimum atomic E-state index is -0.427. The zero-order valence-corrected chi connectivity index (χ0v) is 9.93. The summed E-state index contributed by atoms with van der Waals surface area (Å²) in [6, 6.07) is 2.95. The van der Waals surface area contributed by atoms with Gasteiger partial charge < -0.3 is 9.84 Å². The van der Waals surface area contributed by atoms with Crippen LogP contribution >= 0.6 is 28.6 Å². The van der Waals surface area contributed by atoms with Crippen LogP contribution in [0.25, 0.3) is 0 Å². The van der Waals surface area contributed by atoms with Crippen molar-refractivity contribution >= 4 is 34.5 Å². The average Bonchev–Trinajstić information content (AvgIpc) is 2.13. The minimum absolute atomic E-state index is 0.0152. The van der Waals surface area contributed by atoms with E-state index >= 15 is 0 Å². The molecule has 1 aromatic carbocycles. The molecule has 0 unspecified atom stereocenters. The molecular weight excluding hydrogens is 268 g/mol. The number of rotatable bonds is 2. The number of phenolic OH excluding ortho intramolecular Hbond substituents is 1. The fraction of sp³-hybridized carbons (Fsp3) is 0.222. The Balaban J connectivity index is 3.06. The van der Waals surface area contributed by atoms with Crippen LogP contribution in [0.5, 0.6) is 5.75 Å². The summed E-state index contributed by atoms with van der Waals surface area (Å²) in [5, 5.41) is 9.37. The van der Waals surface area contributed by atoms with E-state index in [9.17, 15) is 9.90 Å². The van der Waals surface area contributed by atoms with Gasteiger partial charge in [-0.1, -0.05) is 0 Å². The van der Waals surface area contributed by atoms with Crippen molar-refractivity contribution in [1.29, 1.82) is 0 Å². The third kappa shape index (κ3) is 2.42. The van der Waals surface area contributed by atoms with Crippen LogP contribution in [0.15, 0.2) is 21.5 Å². The predicted octanol–water partition coefficient (Wildman–Crippen LogP) is 2.62. The topological polar surface area (TPSA) is 46.5 Å². The van der Waals surface area contributed by atoms with Gasteiger partial charge >= 0.3 is 5.97 Å². The number of carbonyl (C=O) groups is 1. The fourth-order valence-corrected chi connectivity index (χ4v) is 1.79. The summed E-state index contributed by atoms with van der Waals surface area (Å²) in [5.74, 6) is -0.412. The summed E-state index contributed by atoms with van der Waals surface area (Å²) in [4.78, 5) is 11.6. The van der Waals surface area contributed by atoms with Crippen molar-refractivity contribution in [2.24, 2.45) is 0 Å². The summed E-state index contributed by atoms with van der Waals surface area (Å²) in [5.41, 5.74) is 0.363. The Morgan fingerprint density at radius 3 is 2.79 bits per heavy atom. The molecule has 14 heavy (non-hydrogen) atoms. The molecule has 1 aromatic rings. The molecule has 0 aliphatic rings. The van der Waals surface area contributed by atoms with Gasteiger partial charge in [-0.25, -0.2) is 4.79 Å². The lowest BCUT2D eigenvalue weighted by atomic mass is 10.2. The van der Waals surface area contributed by atoms with Gasteiger partial charge in [0.2, 0.25) is 0 Å². The van der Waals surface area contributed by atoms with E-state index in [1.165, 1.54) is 12.1 Å². The Bertz CT molecular complexity index is 342. The van der Waals surface area contributed by atoms with E-state index in [0.29, 0.717) is 21.5 Å². The van der Waals surface area contributed by atoms with E-state index in [4.69, 9.17) is 4.74 Å². The molecule has 0 bridgehead atoms. The van der Waals surface area contributed by atoms with Crippen LogP contribution in [0.3, 0.4) is 0 Å². The average molecular weight is 277 g/mol. The van der Waals surface area contributed by atoms with Crippen LogP contribution in [0.2, 0.25) is 0 Å². The van der Waals surface area contributed by atoms with Gasteiger partial charge in [-0.15, -0.1) is 12.6 Å². The molecule has 0 aliphatic heterocycles. The van der Waals surface area contributed by atoms with Crippen LogP contribution in [0.1, 0.15) is 17.3 Å². The number of hydrogen-bond donors (Lipinski definition) is 2. The summed E-state index contributed by atoms with van der Waals surface area (Å²) < 4.78 is 5.23. The largest absolute Gasteiger partial charge is 0.506 e. The first-order valence-corrected chi connectivity index (χ1v) is 5.19. The van der Waals surface area contributed by atoms with Gasteiger partial charge in [-0.05, 0) is 35.0 Å². The molecule has 0 atom stereocenters. The van der Waals surface area contributed by atoms with E-state index in [1.54, 1.807) is 6.92 Å². The van der Waals surface area contributed by atoms with Gasteiger partial charge in [-0.3, -0.25) is 0 Å². The molecule has 5 heteroatoms. The smallest absolute Gasteiger partial charge is 0.338 e. The van der Waals surface area contributed by atoms with Crippen molar-refractivity contribution < 1.29 is 14.6 Å². The van der Waals surface area contributed by atoms with Crippen LogP contribution < -0.4 is 0 Å². The van der Waals surface area contributed by atoms with Gasteiger partial charge in [-0.2, -0.15) is 0 Å². The second-order valence-electron chi connectivity index (χ2n) is 2.55. The number of benzene rings is 1. The molecule has 0 aromatic heterocycles. The minimum Gasteiger partial charge on any atom is -0.506 e. The van der Waals surface area contributed by atoms with E-state index in [-0.39, 0.29) is 5.75 Å². The van der Waals surface area contributed by atoms with Crippen LogP contribution in [0.4, 0.5) is 0 Å². The van der Waals surface area contributed by atoms with E-state index in [2.05, 4.69) is 28.6 Å². The number of thiol groups is 1. The number of carbonyl (C=O) groups excluding carboxylic acids is 1. The molecule has 0 saturated heterocycles. The molecule has 3 nitrogen and oxygen atoms in total. The van der Waals surface area contributed by atoms with Crippen molar-refractivity contribution in [2.75, 3.05) is 6.61 Å². The highest BCUT2D eigenvalue weighted by molar-refractivity contribution is 9.10. The van der Waals surface area contributed by atoms with Crippen molar-refractivity contribution in [3.63, 3.8) is 0 Å². The van der Waals surface area contributed by atoms with Crippen LogP contribution in [0, 0.1) is 0 Å². The number of esters is 1. The van der Waals surface area contributed by atoms with Crippen molar-refractivity contribution in [3.8, 4) is 5.75 Å². The van der Waals surface area contributed by atoms with Crippen LogP contribution in [-0.2, 0) is 4.74 Å². The maximum Gasteiger partial charge on any atom is 0.338 e. The first kappa shape index (κ1) is 11.4. The predicted molar refractivity (Wildman–Crippen MR) is 59.0 cm³/mol. The van der Waals surface area contributed by atoms with Crippen molar-refractivity contribution in [1.82, 2.24) is 0 Å². The summed E-state index contributed by atoms with van der Waals surface area (Å²) in [6.45, 7) is 2.05. The first-order chi connectivity index (χ1) is 6.56. The second kappa shape index (κ2) is 4.70. The Morgan fingerprint density at radius 1 is 1.64 bits per heavy atom. The number of hydrogen-bond acceptors (Lipinski definition) is 4. The molecule has 0 radical (unpaired) electrons. The monoisotopic (exact) mass is 276 g/mol. The Labute approximate surface area is 95.6 Å². The van der Waals surface area contributed by atoms with Gasteiger partial charge in [0, 0.05) is 4.90 Å². The molecule has 0 fully saturated rings. The van der Waals surface area contributed by atoms with Gasteiger partial charge in [0.1, 0.15) is 5.75 Å². The number of phenols is 1. The molecule has 76 valence electrons. The quantitative estimate of drug-likeness (QED) is 0.645. The molecule has 1 rings (SSSR count). The standard InChI is InChI=1S/C9H9BrO3S/c1-2-13-9(12)5-3-6(10)8(11)7(14)4-5/h3-4,11,14H,2H2,1H3. The van der Waals surface area contributed by atoms with Crippen LogP contribution in [-0.4, -0.2) is 17.7 Å². The first-order valence-electron chi connectivity index (χ1n) is 3.94. The highest BCUT2D eigenvalue weighted by Crippen LogP contribution is 2.31. The third-order valence-electron chi connectivity index (χ3n) is 1.55. The zero-order chi connectivity index (χ0) is 10.7. The number of halogens is 1. The summed E-state index contributed by atoms with van der Waals surface area (Å²) in [6.07, 6.45) is 0. The lowest BCUT2D eigenvalue weighted by Crippen LogP contribution is -2.04. The Hall–Kier alpha value is -0.680. The highest BCUT2D eigenvalue weighted by atomic mass is 79.9. The fourth-order valence-electron chi connectivity index (χ4n) is 0.917. The van der Waals surface area contributed by atoms with Crippen molar-refractivity contribution in [3.05, 3.63) is 22.2 Å². The van der Waals surface area contributed by atoms with Crippen molar-refractivity contribution in [2.45, 2.75) is 11.8 Å². The SMILES string of the molecule is CCOC(=O)c1cc(S)c(O)c(Br)c1. The zero-order valence-electron chi connectivity index (χ0n) is 7.45. The molecule has 0 amide bonds. The van der Waals surface area contributed by atoms with E-state index in [0.717, 1.165) is 0 Å². The molecule has 0 spiro atoms. The number of aromatic hydroxyl groups is 1. The van der Waals surface area contributed by atoms with E-state index < -0.39 is 5.97 Å². The lowest BCUT2D eigenvalue weighted by Gasteiger charge is -2.05. The number of ether oxygens (including phenoxy) is 1. The van der Waals surface area contributed by atoms with Gasteiger partial charge in [0.05, 0.1) is 16.6 Å². The maximum atomic E-state index is 11.3. The molecule has 0 heterocycles. The third-order valence-corrected chi connectivity index (χ3v) is 2.50. The molecule has 1 N–H and O–H groups in total. The maximum absolute atomic E-state index is 11.3. The lowest BCUT2D eigenvalue weighted by molar-refractivity contribution is 0.0526. The van der Waals surface area contributed by atoms with Gasteiger partial charge in [0.25, 0.3) is 0 Å². The molecule has 0 aliphatic carbocycles. The molecule has 0 saturated carbocycles. The second-order valence-corrected chi connectivity index (χ2v) is 3.88. The van der Waals surface area contributed by atoms with Gasteiger partial charge in [0.15, 0.2) is 0 Å². The Kier molecular flexibility index (Phi) is 3.83. The molecular formula is C9H9BrO3S. The normalized spacial score (nSPS) is 9.93. The summed E-state index contributed by atoms with van der Waals surface area (Å²) >= 11 is 7.12. The Morgan fingerprint density at radius 2 is 2.29 bits per heavy atom. The van der Waals surface area contributed by atoms with E-state index in [1.807, 2.05) is 0 Å². The summed E-state index contributed by atoms with van der Waals surface area (Å²) in [7, 11) is 0.